The Morgan fingerprint density at radius 2 is 1.00 bits per heavy atom. The average Bonchev–Trinajstić information content (AvgIpc) is 0. The van der Waals surface area contributed by atoms with Crippen LogP contribution in [0.25, 0.3) is 0 Å². The van der Waals surface area contributed by atoms with Crippen LogP contribution in [0.15, 0.2) is 0 Å². The zero-order valence-electron chi connectivity index (χ0n) is 1.41. The largest absolute Gasteiger partial charge is 0.0149 e. The Kier molecular flexibility index (Phi) is 159. The molecule has 0 unspecified atom stereocenters. The second-order valence-corrected chi connectivity index (χ2v) is 0. The molecule has 0 aliphatic rings. The molecule has 4 heavy (non-hydrogen) atoms. The summed E-state index contributed by atoms with van der Waals surface area (Å²) in [5.41, 5.74) is 0. The van der Waals surface area contributed by atoms with E-state index in [1.54, 1.807) is 0 Å². The second-order valence-electron chi connectivity index (χ2n) is 0. The van der Waals surface area contributed by atoms with Gasteiger partial charge in [-0.25, -0.2) is 0 Å². The molecule has 0 saturated heterocycles. The summed E-state index contributed by atoms with van der Waals surface area (Å²) in [6.07, 6.45) is 0. The van der Waals surface area contributed by atoms with Gasteiger partial charge in [0.05, 0.1) is 0 Å². The summed E-state index contributed by atoms with van der Waals surface area (Å²) in [6.45, 7) is 0. The maximum atomic E-state index is 0. The molecule has 0 heterocycles. The van der Waals surface area contributed by atoms with Crippen LogP contribution in [0.4, 0.5) is 0 Å². The molecule has 0 aromatic heterocycles. The van der Waals surface area contributed by atoms with Crippen LogP contribution >= 0.6 is 0 Å². The molecule has 0 N–H and O–H groups in total. The van der Waals surface area contributed by atoms with Crippen LogP contribution in [0, 0.1) is 0 Å². The summed E-state index contributed by atoms with van der Waals surface area (Å²) >= 11 is 0. The van der Waals surface area contributed by atoms with E-state index in [1.165, 1.54) is 0 Å². The maximum absolute atomic E-state index is 0. The van der Waals surface area contributed by atoms with Crippen LogP contribution in [-0.4, -0.2) is 54.5 Å². The van der Waals surface area contributed by atoms with E-state index in [0.717, 1.165) is 0 Å². The summed E-state index contributed by atoms with van der Waals surface area (Å²) in [6, 6.07) is 0. The van der Waals surface area contributed by atoms with Gasteiger partial charge in [-0.2, -0.15) is 0 Å². The third kappa shape index (κ3) is 8.87. The summed E-state index contributed by atoms with van der Waals surface area (Å²) in [5.74, 6) is 0. The van der Waals surface area contributed by atoms with Gasteiger partial charge in [0, 0.05) is 19.5 Å². The Morgan fingerprint density at radius 1 is 1.00 bits per heavy atom. The Bertz CT molecular complexity index is 8.00. The predicted molar refractivity (Wildman–Crippen MR) is 31.2 cm³/mol. The zero-order valence-corrected chi connectivity index (χ0v) is 9.88. The van der Waals surface area contributed by atoms with Crippen molar-refractivity contribution in [3.8, 4) is 0 Å². The van der Waals surface area contributed by atoms with Gasteiger partial charge in [0.2, 0.25) is 0 Å². The van der Waals surface area contributed by atoms with Crippen LogP contribution < -0.4 is 0 Å². The molecule has 4 heteroatoms. The molecule has 0 aliphatic heterocycles. The molecule has 0 saturated carbocycles. The van der Waals surface area contributed by atoms with E-state index >= 15 is 0 Å². The first-order valence-corrected chi connectivity index (χ1v) is 0. The van der Waals surface area contributed by atoms with Gasteiger partial charge in [0.1, 0.15) is 0 Å². The van der Waals surface area contributed by atoms with Crippen molar-refractivity contribution < 1.29 is 19.5 Å². The summed E-state index contributed by atoms with van der Waals surface area (Å²) in [4.78, 5) is 0. The Morgan fingerprint density at radius 3 is 1.00 bits per heavy atom. The minimum Gasteiger partial charge on any atom is -0.0149 e. The van der Waals surface area contributed by atoms with Crippen LogP contribution in [0.2, 0.25) is 0 Å². The molecular weight excluding hydrogens is 329 g/mol. The van der Waals surface area contributed by atoms with Gasteiger partial charge in [-0.1, -0.05) is 0 Å². The fourth-order valence-electron chi connectivity index (χ4n) is 0. The van der Waals surface area contributed by atoms with Crippen molar-refractivity contribution in [2.75, 3.05) is 0 Å². The molecule has 0 rings (SSSR count). The van der Waals surface area contributed by atoms with E-state index < -0.39 is 0 Å². The van der Waals surface area contributed by atoms with E-state index in [2.05, 4.69) is 0 Å². The van der Waals surface area contributed by atoms with Gasteiger partial charge < -0.3 is 0 Å². The molecule has 0 aromatic carbocycles. The van der Waals surface area contributed by atoms with Crippen molar-refractivity contribution in [1.82, 2.24) is 0 Å². The first-order chi connectivity index (χ1) is 0. The van der Waals surface area contributed by atoms with Gasteiger partial charge in [0.25, 0.3) is 0 Å². The third-order valence-electron chi connectivity index (χ3n) is 0. The van der Waals surface area contributed by atoms with E-state index in [0.29, 0.717) is 0 Å². The van der Waals surface area contributed by atoms with Gasteiger partial charge in [-0.05, 0) is 11.0 Å². The SMILES string of the molecule is [AlH3].[BiH3].[SiH4].[Zn]. The van der Waals surface area contributed by atoms with Crippen LogP contribution in [0.5, 0.6) is 0 Å². The summed E-state index contributed by atoms with van der Waals surface area (Å²) in [7, 11) is 0. The predicted octanol–water partition coefficient (Wildman–Crippen LogP) is -3.82. The smallest absolute Gasteiger partial charge is 0 e. The third-order valence-corrected chi connectivity index (χ3v) is 0. The number of hydrogen-bond acceptors (Lipinski definition) is 0. The molecule has 24 valence electrons. The normalized spacial score (nSPS) is 0. The molecule has 0 spiro atoms. The van der Waals surface area contributed by atoms with E-state index in [1.807, 2.05) is 0 Å². The van der Waals surface area contributed by atoms with Crippen LogP contribution in [0.3, 0.4) is 0 Å². The monoisotopic (exact) mass is 338 g/mol. The van der Waals surface area contributed by atoms with Crippen LogP contribution in [-0.2, 0) is 19.5 Å². The molecule has 0 bridgehead atoms. The quantitative estimate of drug-likeness (QED) is 0.397. The first-order valence-electron chi connectivity index (χ1n) is 0. The van der Waals surface area contributed by atoms with E-state index in [-0.39, 0.29) is 74.0 Å². The fourth-order valence-corrected chi connectivity index (χ4v) is 0. The summed E-state index contributed by atoms with van der Waals surface area (Å²) in [5, 5.41) is 0. The van der Waals surface area contributed by atoms with Crippen LogP contribution in [0.1, 0.15) is 0 Å². The summed E-state index contributed by atoms with van der Waals surface area (Å²) < 4.78 is 0. The van der Waals surface area contributed by atoms with E-state index in [9.17, 15) is 0 Å². The van der Waals surface area contributed by atoms with Crippen molar-refractivity contribution in [3.05, 3.63) is 0 Å². The molecule has 0 radical (unpaired) electrons. The molecule has 0 fully saturated rings. The topological polar surface area (TPSA) is 0 Å². The van der Waals surface area contributed by atoms with Crippen molar-refractivity contribution >= 4 is 54.5 Å². The first kappa shape index (κ1) is 34.0. The molecule has 0 atom stereocenters. The standard InChI is InChI=1S/Al.Bi.H4Si.Zn.6H/h;;1H4;;;;;;;. The fraction of sp³-hybridized carbons (Fsp3) is 0. The minimum atomic E-state index is 0. The Balaban J connectivity index is 0. The molecule has 0 aromatic rings. The molecule has 0 aliphatic carbocycles. The second kappa shape index (κ2) is 18.7. The van der Waals surface area contributed by atoms with Crippen molar-refractivity contribution in [3.63, 3.8) is 0 Å². The van der Waals surface area contributed by atoms with Gasteiger partial charge in [-0.3, -0.25) is 0 Å². The molecule has 0 nitrogen and oxygen atoms in total. The van der Waals surface area contributed by atoms with Gasteiger partial charge in [-0.15, -0.1) is 0 Å². The van der Waals surface area contributed by atoms with Gasteiger partial charge >= 0.3 is 26.2 Å². The Hall–Kier alpha value is 2.26. The zero-order chi connectivity index (χ0) is 0. The van der Waals surface area contributed by atoms with Crippen molar-refractivity contribution in [2.24, 2.45) is 0 Å². The van der Waals surface area contributed by atoms with Gasteiger partial charge in [0.15, 0.2) is 17.4 Å². The van der Waals surface area contributed by atoms with Crippen molar-refractivity contribution in [1.29, 1.82) is 0 Å². The Labute approximate surface area is 73.1 Å². The number of rotatable bonds is 0. The van der Waals surface area contributed by atoms with E-state index in [4.69, 9.17) is 0 Å². The maximum Gasteiger partial charge on any atom is 0 e. The molecule has 0 amide bonds. The van der Waals surface area contributed by atoms with Crippen molar-refractivity contribution in [2.45, 2.75) is 0 Å². The minimum absolute atomic E-state index is 0. The number of hydrogen-bond donors (Lipinski definition) is 0. The average molecular weight is 340 g/mol. The molecular formula is H10AlBiSiZn.